The van der Waals surface area contributed by atoms with Crippen LogP contribution in [0.2, 0.25) is 0 Å². The van der Waals surface area contributed by atoms with E-state index in [-0.39, 0.29) is 42.4 Å². The lowest BCUT2D eigenvalue weighted by molar-refractivity contribution is -0.145. The minimum Gasteiger partial charge on any atom is -0.462 e. The zero-order valence-electron chi connectivity index (χ0n) is 27.0. The Balaban J connectivity index is 1.43. The van der Waals surface area contributed by atoms with E-state index < -0.39 is 18.3 Å². The fraction of sp³-hybridized carbons (Fsp3) is 0.943. The molecule has 7 atom stereocenters. The summed E-state index contributed by atoms with van der Waals surface area (Å²) in [5.41, 5.74) is 0. The number of aliphatic hydroxyl groups excluding tert-OH is 3. The number of Topliss-reactive ketones (excluding diaryl/α,β-unsaturated/α-hetero) is 1. The fourth-order valence-corrected chi connectivity index (χ4v) is 6.67. The van der Waals surface area contributed by atoms with E-state index in [9.17, 15) is 24.9 Å². The summed E-state index contributed by atoms with van der Waals surface area (Å²) in [6.45, 7) is 3.77. The van der Waals surface area contributed by atoms with Crippen LogP contribution in [0.15, 0.2) is 0 Å². The smallest absolute Gasteiger partial charge is 0.309 e. The van der Waals surface area contributed by atoms with Crippen LogP contribution in [0.1, 0.15) is 168 Å². The first-order chi connectivity index (χ1) is 20.3. The Kier molecular flexibility index (Phi) is 19.9. The van der Waals surface area contributed by atoms with Gasteiger partial charge in [0.15, 0.2) is 0 Å². The molecular weight excluding hydrogens is 532 g/mol. The predicted molar refractivity (Wildman–Crippen MR) is 167 cm³/mol. The molecule has 2 heterocycles. The van der Waals surface area contributed by atoms with Gasteiger partial charge in [0, 0.05) is 6.42 Å². The van der Waals surface area contributed by atoms with Gasteiger partial charge in [-0.15, -0.1) is 0 Å². The Labute approximate surface area is 256 Å². The van der Waals surface area contributed by atoms with E-state index in [1.807, 2.05) is 0 Å². The van der Waals surface area contributed by atoms with Crippen molar-refractivity contribution in [2.45, 2.75) is 205 Å². The van der Waals surface area contributed by atoms with E-state index in [4.69, 9.17) is 9.47 Å². The monoisotopic (exact) mass is 596 g/mol. The first-order valence-corrected chi connectivity index (χ1v) is 17.7. The molecule has 7 nitrogen and oxygen atoms in total. The van der Waals surface area contributed by atoms with Crippen LogP contribution in [0.4, 0.5) is 0 Å². The van der Waals surface area contributed by atoms with Crippen molar-refractivity contribution in [1.29, 1.82) is 0 Å². The van der Waals surface area contributed by atoms with Crippen molar-refractivity contribution in [1.82, 2.24) is 0 Å². The molecule has 246 valence electrons. The lowest BCUT2D eigenvalue weighted by atomic mass is 9.96. The van der Waals surface area contributed by atoms with Crippen LogP contribution in [0.3, 0.4) is 0 Å². The Morgan fingerprint density at radius 3 is 1.86 bits per heavy atom. The highest BCUT2D eigenvalue weighted by atomic mass is 16.6. The van der Waals surface area contributed by atoms with Crippen LogP contribution >= 0.6 is 0 Å². The molecule has 0 aromatic carbocycles. The molecule has 2 fully saturated rings. The number of hydrogen-bond acceptors (Lipinski definition) is 7. The van der Waals surface area contributed by atoms with Gasteiger partial charge in [0.1, 0.15) is 11.9 Å². The standard InChI is InChI=1S/C35H64O7/c1-3-4-5-6-7-8-9-10-11-12-13-17-20-31(38)33-23-24-34(42-33)32(39)22-21-29(37)18-15-14-16-19-30-26-28(25-27(2)36)35(40)41-30/h28-34,37-39H,3-26H2,1-2H3/t28-,29-,30-,31+,32-,33-,34-/m1/s1. The van der Waals surface area contributed by atoms with Gasteiger partial charge >= 0.3 is 5.97 Å². The lowest BCUT2D eigenvalue weighted by Gasteiger charge is -2.23. The van der Waals surface area contributed by atoms with Crippen molar-refractivity contribution in [3.8, 4) is 0 Å². The van der Waals surface area contributed by atoms with Crippen LogP contribution in [0, 0.1) is 5.92 Å². The largest absolute Gasteiger partial charge is 0.462 e. The summed E-state index contributed by atoms with van der Waals surface area (Å²) in [7, 11) is 0. The molecule has 7 heteroatoms. The molecule has 0 radical (unpaired) electrons. The van der Waals surface area contributed by atoms with Gasteiger partial charge in [-0.1, -0.05) is 96.8 Å². The molecule has 0 bridgehead atoms. The van der Waals surface area contributed by atoms with Gasteiger partial charge in [0.25, 0.3) is 0 Å². The number of ether oxygens (including phenoxy) is 2. The van der Waals surface area contributed by atoms with Gasteiger partial charge in [-0.25, -0.2) is 0 Å². The molecule has 0 unspecified atom stereocenters. The number of rotatable bonds is 26. The Morgan fingerprint density at radius 1 is 0.738 bits per heavy atom. The fourth-order valence-electron chi connectivity index (χ4n) is 6.67. The van der Waals surface area contributed by atoms with Gasteiger partial charge in [0.05, 0.1) is 36.4 Å². The van der Waals surface area contributed by atoms with Crippen molar-refractivity contribution < 1.29 is 34.4 Å². The average Bonchev–Trinajstić information content (AvgIpc) is 3.59. The second kappa shape index (κ2) is 22.5. The number of cyclic esters (lactones) is 1. The molecule has 0 amide bonds. The maximum absolute atomic E-state index is 11.8. The van der Waals surface area contributed by atoms with Gasteiger partial charge in [0.2, 0.25) is 0 Å². The summed E-state index contributed by atoms with van der Waals surface area (Å²) in [5.74, 6) is -0.489. The summed E-state index contributed by atoms with van der Waals surface area (Å²) in [4.78, 5) is 23.1. The van der Waals surface area contributed by atoms with E-state index in [0.29, 0.717) is 25.7 Å². The highest BCUT2D eigenvalue weighted by molar-refractivity contribution is 5.83. The minimum absolute atomic E-state index is 0.0265. The van der Waals surface area contributed by atoms with Gasteiger partial charge < -0.3 is 29.6 Å². The van der Waals surface area contributed by atoms with Crippen molar-refractivity contribution >= 4 is 11.8 Å². The van der Waals surface area contributed by atoms with Crippen LogP contribution in [-0.2, 0) is 19.1 Å². The highest BCUT2D eigenvalue weighted by Gasteiger charge is 2.35. The third-order valence-corrected chi connectivity index (χ3v) is 9.35. The summed E-state index contributed by atoms with van der Waals surface area (Å²) in [6.07, 6.45) is 22.2. The molecule has 3 N–H and O–H groups in total. The molecule has 2 aliphatic heterocycles. The zero-order chi connectivity index (χ0) is 30.6. The molecule has 42 heavy (non-hydrogen) atoms. The molecule has 2 rings (SSSR count). The number of carbonyl (C=O) groups excluding carboxylic acids is 2. The first-order valence-electron chi connectivity index (χ1n) is 17.7. The highest BCUT2D eigenvalue weighted by Crippen LogP contribution is 2.29. The molecule has 0 spiro atoms. The summed E-state index contributed by atoms with van der Waals surface area (Å²) in [5, 5.41) is 31.6. The molecule has 2 saturated heterocycles. The number of hydrogen-bond donors (Lipinski definition) is 3. The van der Waals surface area contributed by atoms with Gasteiger partial charge in [-0.2, -0.15) is 0 Å². The zero-order valence-corrected chi connectivity index (χ0v) is 27.0. The van der Waals surface area contributed by atoms with Gasteiger partial charge in [-0.3, -0.25) is 4.79 Å². The number of ketones is 1. The van der Waals surface area contributed by atoms with E-state index in [0.717, 1.165) is 51.4 Å². The Bertz CT molecular complexity index is 713. The summed E-state index contributed by atoms with van der Waals surface area (Å²) < 4.78 is 11.4. The van der Waals surface area contributed by atoms with Crippen LogP contribution in [-0.4, -0.2) is 63.7 Å². The van der Waals surface area contributed by atoms with Gasteiger partial charge in [-0.05, 0) is 64.7 Å². The number of carbonyl (C=O) groups is 2. The summed E-state index contributed by atoms with van der Waals surface area (Å²) >= 11 is 0. The minimum atomic E-state index is -0.608. The molecule has 2 aliphatic rings. The topological polar surface area (TPSA) is 113 Å². The normalized spacial score (nSPS) is 24.5. The molecular formula is C35H64O7. The Morgan fingerprint density at radius 2 is 1.26 bits per heavy atom. The Hall–Kier alpha value is -1.02. The van der Waals surface area contributed by atoms with Crippen LogP contribution < -0.4 is 0 Å². The van der Waals surface area contributed by atoms with Crippen molar-refractivity contribution in [3.05, 3.63) is 0 Å². The van der Waals surface area contributed by atoms with Crippen molar-refractivity contribution in [3.63, 3.8) is 0 Å². The van der Waals surface area contributed by atoms with Crippen molar-refractivity contribution in [2.75, 3.05) is 0 Å². The summed E-state index contributed by atoms with van der Waals surface area (Å²) in [6, 6.07) is 0. The molecule has 0 aliphatic carbocycles. The maximum Gasteiger partial charge on any atom is 0.309 e. The van der Waals surface area contributed by atoms with E-state index in [1.54, 1.807) is 0 Å². The van der Waals surface area contributed by atoms with Crippen LogP contribution in [0.25, 0.3) is 0 Å². The predicted octanol–water partition coefficient (Wildman–Crippen LogP) is 7.35. The lowest BCUT2D eigenvalue weighted by Crippen LogP contribution is -2.31. The van der Waals surface area contributed by atoms with E-state index in [2.05, 4.69) is 6.92 Å². The average molecular weight is 597 g/mol. The number of unbranched alkanes of at least 4 members (excludes halogenated alkanes) is 13. The van der Waals surface area contributed by atoms with E-state index in [1.165, 1.54) is 77.6 Å². The van der Waals surface area contributed by atoms with E-state index >= 15 is 0 Å². The van der Waals surface area contributed by atoms with Crippen molar-refractivity contribution in [2.24, 2.45) is 5.92 Å². The van der Waals surface area contributed by atoms with Crippen LogP contribution in [0.5, 0.6) is 0 Å². The molecule has 0 aromatic heterocycles. The quantitative estimate of drug-likeness (QED) is 0.0707. The number of aliphatic hydroxyl groups is 3. The SMILES string of the molecule is CCCCCCCCCCCCCC[C@H](O)[C@H]1CC[C@H]([C@H](O)CC[C@H](O)CCCCC[C@@H]2C[C@@H](CC(C)=O)C(=O)O2)O1. The third-order valence-electron chi connectivity index (χ3n) is 9.35. The number of esters is 1. The maximum atomic E-state index is 11.8. The first kappa shape index (κ1) is 37.2. The second-order valence-corrected chi connectivity index (χ2v) is 13.4. The third kappa shape index (κ3) is 16.2. The molecule has 0 aromatic rings. The molecule has 0 saturated carbocycles. The second-order valence-electron chi connectivity index (χ2n) is 13.4.